The molecule has 0 aliphatic carbocycles. The zero-order valence-corrected chi connectivity index (χ0v) is 15.0. The van der Waals surface area contributed by atoms with E-state index in [-0.39, 0.29) is 37.5 Å². The van der Waals surface area contributed by atoms with E-state index in [4.69, 9.17) is 9.47 Å². The van der Waals surface area contributed by atoms with Gasteiger partial charge < -0.3 is 9.47 Å². The molecule has 0 saturated carbocycles. The molecule has 0 N–H and O–H groups in total. The summed E-state index contributed by atoms with van der Waals surface area (Å²) in [6.07, 6.45) is 0.876. The number of hydrogen-bond donors (Lipinski definition) is 0. The SMILES string of the molecule is Cc1cc(C)cc(CC2CC(=O)N(Cc3ccc4c(c3)OCO4)C2=O)c1. The fraction of sp³-hybridized carbons (Fsp3) is 0.333. The predicted octanol–water partition coefficient (Wildman–Crippen LogP) is 3.15. The molecule has 2 aromatic rings. The fourth-order valence-electron chi connectivity index (χ4n) is 3.77. The standard InChI is InChI=1S/C21H21NO4/c1-13-5-14(2)7-16(6-13)8-17-10-20(23)22(21(17)24)11-15-3-4-18-19(9-15)26-12-25-18/h3-7,9,17H,8,10-12H2,1-2H3. The molecule has 0 bridgehead atoms. The third-order valence-electron chi connectivity index (χ3n) is 4.88. The lowest BCUT2D eigenvalue weighted by atomic mass is 9.95. The second kappa shape index (κ2) is 6.48. The van der Waals surface area contributed by atoms with Gasteiger partial charge in [0.1, 0.15) is 0 Å². The van der Waals surface area contributed by atoms with E-state index < -0.39 is 0 Å². The van der Waals surface area contributed by atoms with Crippen molar-refractivity contribution in [2.75, 3.05) is 6.79 Å². The van der Waals surface area contributed by atoms with Crippen molar-refractivity contribution in [2.24, 2.45) is 5.92 Å². The van der Waals surface area contributed by atoms with Crippen molar-refractivity contribution in [3.05, 3.63) is 58.7 Å². The van der Waals surface area contributed by atoms with Gasteiger partial charge in [0.05, 0.1) is 12.5 Å². The molecule has 4 rings (SSSR count). The van der Waals surface area contributed by atoms with Gasteiger partial charge in [-0.2, -0.15) is 0 Å². The van der Waals surface area contributed by atoms with Crippen LogP contribution in [0.5, 0.6) is 11.5 Å². The summed E-state index contributed by atoms with van der Waals surface area (Å²) in [5.74, 6) is 0.875. The van der Waals surface area contributed by atoms with E-state index in [0.717, 1.165) is 11.1 Å². The number of imide groups is 1. The summed E-state index contributed by atoms with van der Waals surface area (Å²) in [5, 5.41) is 0. The molecular formula is C21H21NO4. The Bertz CT molecular complexity index is 869. The Morgan fingerprint density at radius 3 is 2.46 bits per heavy atom. The van der Waals surface area contributed by atoms with E-state index >= 15 is 0 Å². The Kier molecular flexibility index (Phi) is 4.15. The van der Waals surface area contributed by atoms with Gasteiger partial charge in [-0.25, -0.2) is 0 Å². The average Bonchev–Trinajstić information content (AvgIpc) is 3.14. The minimum absolute atomic E-state index is 0.0909. The topological polar surface area (TPSA) is 55.8 Å². The van der Waals surface area contributed by atoms with Gasteiger partial charge >= 0.3 is 0 Å². The first-order valence-corrected chi connectivity index (χ1v) is 8.79. The number of rotatable bonds is 4. The summed E-state index contributed by atoms with van der Waals surface area (Å²) < 4.78 is 10.7. The third kappa shape index (κ3) is 3.17. The summed E-state index contributed by atoms with van der Waals surface area (Å²) >= 11 is 0. The minimum atomic E-state index is -0.280. The largest absolute Gasteiger partial charge is 0.454 e. The van der Waals surface area contributed by atoms with E-state index in [9.17, 15) is 9.59 Å². The van der Waals surface area contributed by atoms with Crippen LogP contribution in [0.1, 0.15) is 28.7 Å². The maximum atomic E-state index is 12.8. The van der Waals surface area contributed by atoms with E-state index in [0.29, 0.717) is 17.9 Å². The van der Waals surface area contributed by atoms with Crippen molar-refractivity contribution in [1.29, 1.82) is 0 Å². The van der Waals surface area contributed by atoms with Crippen LogP contribution in [-0.2, 0) is 22.6 Å². The van der Waals surface area contributed by atoms with Crippen molar-refractivity contribution in [3.63, 3.8) is 0 Å². The van der Waals surface area contributed by atoms with Crippen molar-refractivity contribution in [1.82, 2.24) is 4.90 Å². The quantitative estimate of drug-likeness (QED) is 0.794. The van der Waals surface area contributed by atoms with Gasteiger partial charge in [0, 0.05) is 6.42 Å². The van der Waals surface area contributed by atoms with E-state index in [2.05, 4.69) is 18.2 Å². The highest BCUT2D eigenvalue weighted by molar-refractivity contribution is 6.03. The monoisotopic (exact) mass is 351 g/mol. The van der Waals surface area contributed by atoms with Crippen molar-refractivity contribution >= 4 is 11.8 Å². The molecular weight excluding hydrogens is 330 g/mol. The van der Waals surface area contributed by atoms with Crippen LogP contribution < -0.4 is 9.47 Å². The summed E-state index contributed by atoms with van der Waals surface area (Å²) in [7, 11) is 0. The van der Waals surface area contributed by atoms with Crippen LogP contribution in [0.4, 0.5) is 0 Å². The molecule has 0 radical (unpaired) electrons. The molecule has 0 spiro atoms. The van der Waals surface area contributed by atoms with Gasteiger partial charge in [0.15, 0.2) is 11.5 Å². The summed E-state index contributed by atoms with van der Waals surface area (Å²) in [4.78, 5) is 26.5. The van der Waals surface area contributed by atoms with Gasteiger partial charge in [0.25, 0.3) is 0 Å². The number of carbonyl (C=O) groups excluding carboxylic acids is 2. The van der Waals surface area contributed by atoms with Crippen LogP contribution in [-0.4, -0.2) is 23.5 Å². The van der Waals surface area contributed by atoms with Gasteiger partial charge in [-0.1, -0.05) is 35.4 Å². The molecule has 26 heavy (non-hydrogen) atoms. The lowest BCUT2D eigenvalue weighted by Crippen LogP contribution is -2.30. The molecule has 5 heteroatoms. The number of hydrogen-bond acceptors (Lipinski definition) is 4. The van der Waals surface area contributed by atoms with Crippen LogP contribution >= 0.6 is 0 Å². The zero-order chi connectivity index (χ0) is 18.3. The van der Waals surface area contributed by atoms with Crippen LogP contribution in [0.15, 0.2) is 36.4 Å². The number of likely N-dealkylation sites (tertiary alicyclic amines) is 1. The van der Waals surface area contributed by atoms with E-state index in [1.807, 2.05) is 32.0 Å². The molecule has 1 unspecified atom stereocenters. The number of carbonyl (C=O) groups is 2. The number of nitrogens with zero attached hydrogens (tertiary/aromatic N) is 1. The number of amides is 2. The van der Waals surface area contributed by atoms with Crippen molar-refractivity contribution < 1.29 is 19.1 Å². The first kappa shape index (κ1) is 16.6. The minimum Gasteiger partial charge on any atom is -0.454 e. The summed E-state index contributed by atoms with van der Waals surface area (Å²) in [6.45, 7) is 4.57. The number of aryl methyl sites for hydroxylation is 2. The third-order valence-corrected chi connectivity index (χ3v) is 4.88. The smallest absolute Gasteiger partial charge is 0.233 e. The molecule has 1 atom stereocenters. The number of benzene rings is 2. The molecule has 2 amide bonds. The molecule has 2 aliphatic heterocycles. The Balaban J connectivity index is 1.48. The molecule has 2 aromatic carbocycles. The highest BCUT2D eigenvalue weighted by Crippen LogP contribution is 2.34. The van der Waals surface area contributed by atoms with Crippen LogP contribution in [0, 0.1) is 19.8 Å². The molecule has 5 nitrogen and oxygen atoms in total. The normalized spacial score (nSPS) is 18.7. The van der Waals surface area contributed by atoms with E-state index in [1.165, 1.54) is 16.0 Å². The Labute approximate surface area is 152 Å². The number of ether oxygens (including phenoxy) is 2. The Morgan fingerprint density at radius 2 is 1.69 bits per heavy atom. The second-order valence-corrected chi connectivity index (χ2v) is 7.11. The molecule has 0 aromatic heterocycles. The fourth-order valence-corrected chi connectivity index (χ4v) is 3.77. The molecule has 1 fully saturated rings. The van der Waals surface area contributed by atoms with Gasteiger partial charge in [-0.3, -0.25) is 14.5 Å². The second-order valence-electron chi connectivity index (χ2n) is 7.11. The summed E-state index contributed by atoms with van der Waals surface area (Å²) in [6, 6.07) is 11.8. The van der Waals surface area contributed by atoms with E-state index in [1.54, 1.807) is 0 Å². The van der Waals surface area contributed by atoms with Gasteiger partial charge in [-0.15, -0.1) is 0 Å². The molecule has 2 heterocycles. The first-order valence-electron chi connectivity index (χ1n) is 8.79. The lowest BCUT2D eigenvalue weighted by molar-refractivity contribution is -0.140. The van der Waals surface area contributed by atoms with Gasteiger partial charge in [-0.05, 0) is 43.5 Å². The molecule has 1 saturated heterocycles. The Morgan fingerprint density at radius 1 is 0.962 bits per heavy atom. The first-order chi connectivity index (χ1) is 12.5. The molecule has 2 aliphatic rings. The predicted molar refractivity (Wildman–Crippen MR) is 95.8 cm³/mol. The molecule has 134 valence electrons. The maximum absolute atomic E-state index is 12.8. The highest BCUT2D eigenvalue weighted by Gasteiger charge is 2.38. The van der Waals surface area contributed by atoms with Gasteiger partial charge in [0.2, 0.25) is 18.6 Å². The Hall–Kier alpha value is -2.82. The maximum Gasteiger partial charge on any atom is 0.233 e. The number of fused-ring (bicyclic) bond motifs is 1. The van der Waals surface area contributed by atoms with Crippen LogP contribution in [0.2, 0.25) is 0 Å². The van der Waals surface area contributed by atoms with Crippen LogP contribution in [0.25, 0.3) is 0 Å². The lowest BCUT2D eigenvalue weighted by Gasteiger charge is -2.15. The highest BCUT2D eigenvalue weighted by atomic mass is 16.7. The van der Waals surface area contributed by atoms with Crippen molar-refractivity contribution in [2.45, 2.75) is 33.2 Å². The zero-order valence-electron chi connectivity index (χ0n) is 15.0. The average molecular weight is 351 g/mol. The van der Waals surface area contributed by atoms with Crippen molar-refractivity contribution in [3.8, 4) is 11.5 Å². The summed E-state index contributed by atoms with van der Waals surface area (Å²) in [5.41, 5.74) is 4.32. The van der Waals surface area contributed by atoms with Crippen LogP contribution in [0.3, 0.4) is 0 Å².